The van der Waals surface area contributed by atoms with Crippen LogP contribution >= 0.6 is 7.92 Å². The minimum Gasteiger partial charge on any atom is -0.240 e. The summed E-state index contributed by atoms with van der Waals surface area (Å²) >= 11 is 0. The fourth-order valence-electron chi connectivity index (χ4n) is 2.59. The highest BCUT2D eigenvalue weighted by atomic mass is 31.1. The summed E-state index contributed by atoms with van der Waals surface area (Å²) in [6.45, 7) is 1.35. The molecular weight excluding hydrogens is 387 g/mol. The Balaban J connectivity index is 2.62. The van der Waals surface area contributed by atoms with E-state index in [0.29, 0.717) is 0 Å². The van der Waals surface area contributed by atoms with Crippen LogP contribution in [0.3, 0.4) is 0 Å². The van der Waals surface area contributed by atoms with Crippen LogP contribution in [-0.4, -0.2) is 24.2 Å². The third kappa shape index (κ3) is 6.67. The predicted octanol–water partition coefficient (Wildman–Crippen LogP) is 6.93. The topological polar surface area (TPSA) is 0 Å². The van der Waals surface area contributed by atoms with Gasteiger partial charge in [0.1, 0.15) is 0 Å². The van der Waals surface area contributed by atoms with Crippen molar-refractivity contribution in [2.75, 3.05) is 6.16 Å². The van der Waals surface area contributed by atoms with Gasteiger partial charge in [-0.05, 0) is 25.1 Å². The van der Waals surface area contributed by atoms with Crippen molar-refractivity contribution in [1.82, 2.24) is 0 Å². The van der Waals surface area contributed by atoms with Crippen molar-refractivity contribution < 1.29 is 35.1 Å². The maximum absolute atomic E-state index is 14.4. The lowest BCUT2D eigenvalue weighted by Gasteiger charge is -2.29. The van der Waals surface area contributed by atoms with Gasteiger partial charge in [0.2, 0.25) is 0 Å². The fourth-order valence-corrected chi connectivity index (χ4v) is 4.75. The highest BCUT2D eigenvalue weighted by molar-refractivity contribution is 7.66. The molecule has 0 saturated heterocycles. The highest BCUT2D eigenvalue weighted by Crippen LogP contribution is 2.55. The van der Waals surface area contributed by atoms with Gasteiger partial charge in [0.05, 0.1) is 0 Å². The van der Waals surface area contributed by atoms with Gasteiger partial charge in [-0.1, -0.05) is 38.3 Å². The standard InChI is InChI=1S/C17H21F8P/c1-2-26(13-9-7-8-12(18)15(13)20)17(24,25)14(19)10-5-3-4-6-11-16(21,22)23/h7-9,14H,2-6,10-11H2,1H3. The molecule has 0 aromatic heterocycles. The van der Waals surface area contributed by atoms with Gasteiger partial charge in [-0.25, -0.2) is 13.2 Å². The van der Waals surface area contributed by atoms with Crippen molar-refractivity contribution in [1.29, 1.82) is 0 Å². The Kier molecular flexibility index (Phi) is 8.77. The molecule has 0 aliphatic carbocycles. The second-order valence-electron chi connectivity index (χ2n) is 5.94. The van der Waals surface area contributed by atoms with Gasteiger partial charge in [0.15, 0.2) is 17.8 Å². The summed E-state index contributed by atoms with van der Waals surface area (Å²) in [5.74, 6) is -2.65. The SMILES string of the molecule is CCP(c1cccc(F)c1F)C(F)(F)C(F)CCCCCCC(F)(F)F. The molecule has 2 atom stereocenters. The Bertz CT molecular complexity index is 558. The van der Waals surface area contributed by atoms with Gasteiger partial charge < -0.3 is 0 Å². The van der Waals surface area contributed by atoms with Gasteiger partial charge in [0.25, 0.3) is 5.66 Å². The summed E-state index contributed by atoms with van der Waals surface area (Å²) in [4.78, 5) is 0. The van der Waals surface area contributed by atoms with E-state index in [1.54, 1.807) is 0 Å². The average Bonchev–Trinajstić information content (AvgIpc) is 2.54. The number of rotatable bonds is 10. The van der Waals surface area contributed by atoms with Gasteiger partial charge in [-0.3, -0.25) is 0 Å². The number of alkyl halides is 6. The maximum Gasteiger partial charge on any atom is 0.389 e. The molecule has 0 spiro atoms. The first kappa shape index (κ1) is 23.1. The van der Waals surface area contributed by atoms with E-state index in [2.05, 4.69) is 0 Å². The molecule has 0 fully saturated rings. The van der Waals surface area contributed by atoms with Crippen LogP contribution in [0.25, 0.3) is 0 Å². The fraction of sp³-hybridized carbons (Fsp3) is 0.647. The minimum atomic E-state index is -4.26. The minimum absolute atomic E-state index is 0.00708. The Morgan fingerprint density at radius 2 is 1.58 bits per heavy atom. The summed E-state index contributed by atoms with van der Waals surface area (Å²) < 4.78 is 106. The summed E-state index contributed by atoms with van der Waals surface area (Å²) in [6, 6.07) is 2.93. The zero-order valence-electron chi connectivity index (χ0n) is 14.2. The summed E-state index contributed by atoms with van der Waals surface area (Å²) in [7, 11) is -2.59. The van der Waals surface area contributed by atoms with Crippen molar-refractivity contribution >= 4 is 13.2 Å². The van der Waals surface area contributed by atoms with E-state index in [0.717, 1.165) is 18.2 Å². The lowest BCUT2D eigenvalue weighted by atomic mass is 10.1. The van der Waals surface area contributed by atoms with Crippen LogP contribution in [0.4, 0.5) is 35.1 Å². The van der Waals surface area contributed by atoms with E-state index in [1.165, 1.54) is 6.92 Å². The number of hydrogen-bond donors (Lipinski definition) is 0. The molecule has 0 radical (unpaired) electrons. The van der Waals surface area contributed by atoms with Crippen LogP contribution in [0.5, 0.6) is 0 Å². The molecule has 1 aromatic rings. The monoisotopic (exact) mass is 408 g/mol. The molecule has 0 aliphatic heterocycles. The Hall–Kier alpha value is -0.910. The first-order valence-electron chi connectivity index (χ1n) is 8.31. The number of benzene rings is 1. The van der Waals surface area contributed by atoms with Crippen LogP contribution in [0, 0.1) is 11.6 Å². The van der Waals surface area contributed by atoms with E-state index >= 15 is 0 Å². The second kappa shape index (κ2) is 9.86. The molecule has 9 heteroatoms. The third-order valence-corrected chi connectivity index (χ3v) is 6.50. The van der Waals surface area contributed by atoms with Crippen LogP contribution in [0.2, 0.25) is 0 Å². The van der Waals surface area contributed by atoms with Crippen molar-refractivity contribution in [2.45, 2.75) is 63.5 Å². The largest absolute Gasteiger partial charge is 0.389 e. The number of halogens is 8. The van der Waals surface area contributed by atoms with E-state index in [9.17, 15) is 35.1 Å². The number of unbranched alkanes of at least 4 members (excludes halogenated alkanes) is 3. The van der Waals surface area contributed by atoms with Crippen LogP contribution in [0.1, 0.15) is 45.4 Å². The Morgan fingerprint density at radius 1 is 0.962 bits per heavy atom. The molecular formula is C17H21F8P. The van der Waals surface area contributed by atoms with Crippen molar-refractivity contribution in [3.05, 3.63) is 29.8 Å². The lowest BCUT2D eigenvalue weighted by molar-refractivity contribution is -0.135. The summed E-state index contributed by atoms with van der Waals surface area (Å²) in [5, 5.41) is -0.514. The van der Waals surface area contributed by atoms with E-state index in [4.69, 9.17) is 0 Å². The molecule has 1 rings (SSSR count). The molecule has 0 N–H and O–H groups in total. The lowest BCUT2D eigenvalue weighted by Crippen LogP contribution is -2.33. The number of hydrogen-bond acceptors (Lipinski definition) is 0. The molecule has 150 valence electrons. The zero-order chi connectivity index (χ0) is 20.0. The van der Waals surface area contributed by atoms with Crippen LogP contribution in [-0.2, 0) is 0 Å². The Morgan fingerprint density at radius 3 is 2.15 bits per heavy atom. The van der Waals surface area contributed by atoms with Crippen molar-refractivity contribution in [3.8, 4) is 0 Å². The second-order valence-corrected chi connectivity index (χ2v) is 8.51. The maximum atomic E-state index is 14.4. The van der Waals surface area contributed by atoms with Gasteiger partial charge in [0, 0.05) is 19.6 Å². The van der Waals surface area contributed by atoms with Crippen molar-refractivity contribution in [3.63, 3.8) is 0 Å². The van der Waals surface area contributed by atoms with E-state index in [-0.39, 0.29) is 31.8 Å². The van der Waals surface area contributed by atoms with Gasteiger partial charge in [-0.2, -0.15) is 22.0 Å². The smallest absolute Gasteiger partial charge is 0.240 e. The molecule has 2 unspecified atom stereocenters. The molecule has 1 aromatic carbocycles. The molecule has 0 saturated carbocycles. The Labute approximate surface area is 148 Å². The van der Waals surface area contributed by atoms with Crippen LogP contribution in [0.15, 0.2) is 18.2 Å². The molecule has 0 heterocycles. The average molecular weight is 408 g/mol. The normalized spacial score (nSPS) is 15.1. The molecule has 0 bridgehead atoms. The molecule has 26 heavy (non-hydrogen) atoms. The molecule has 0 amide bonds. The first-order valence-corrected chi connectivity index (χ1v) is 9.83. The third-order valence-electron chi connectivity index (χ3n) is 3.94. The predicted molar refractivity (Wildman–Crippen MR) is 87.1 cm³/mol. The highest BCUT2D eigenvalue weighted by Gasteiger charge is 2.48. The van der Waals surface area contributed by atoms with Gasteiger partial charge in [-0.15, -0.1) is 0 Å². The summed E-state index contributed by atoms with van der Waals surface area (Å²) in [5.41, 5.74) is -3.84. The summed E-state index contributed by atoms with van der Waals surface area (Å²) in [6.07, 6.45) is -8.30. The van der Waals surface area contributed by atoms with Crippen molar-refractivity contribution in [2.24, 2.45) is 0 Å². The quantitative estimate of drug-likeness (QED) is 0.224. The molecule has 0 nitrogen and oxygen atoms in total. The first-order chi connectivity index (χ1) is 12.0. The van der Waals surface area contributed by atoms with E-state index in [1.807, 2.05) is 0 Å². The zero-order valence-corrected chi connectivity index (χ0v) is 15.1. The van der Waals surface area contributed by atoms with Gasteiger partial charge >= 0.3 is 6.18 Å². The van der Waals surface area contributed by atoms with Crippen LogP contribution < -0.4 is 5.30 Å². The van der Waals surface area contributed by atoms with E-state index < -0.39 is 55.7 Å². The molecule has 0 aliphatic rings.